The number of hydrogen-bond donors (Lipinski definition) is 4. The number of amides is 4. The van der Waals surface area contributed by atoms with Crippen molar-refractivity contribution in [3.05, 3.63) is 65.4 Å². The summed E-state index contributed by atoms with van der Waals surface area (Å²) in [5.74, 6) is 2.19. The fourth-order valence-corrected chi connectivity index (χ4v) is 13.2. The molecule has 388 valence electrons. The Balaban J connectivity index is 0.867. The Bertz CT molecular complexity index is 2930. The quantitative estimate of drug-likeness (QED) is 0.104. The van der Waals surface area contributed by atoms with E-state index < -0.39 is 24.3 Å². The Morgan fingerprint density at radius 2 is 1.22 bits per heavy atom. The fraction of sp³-hybridized carbons (Fsp3) is 0.571. The summed E-state index contributed by atoms with van der Waals surface area (Å²) >= 11 is 0. The van der Waals surface area contributed by atoms with Crippen LogP contribution in [-0.2, 0) is 35.1 Å². The average molecular weight is 999 g/mol. The van der Waals surface area contributed by atoms with Gasteiger partial charge in [0, 0.05) is 40.2 Å². The van der Waals surface area contributed by atoms with Crippen molar-refractivity contribution >= 4 is 45.8 Å². The summed E-state index contributed by atoms with van der Waals surface area (Å²) < 4.78 is 28.7. The highest BCUT2D eigenvalue weighted by atomic mass is 16.5. The number of methoxy groups -OCH3 is 2. The zero-order valence-electron chi connectivity index (χ0n) is 43.3. The molecule has 4 N–H and O–H groups in total. The van der Waals surface area contributed by atoms with E-state index in [9.17, 15) is 19.2 Å². The largest absolute Gasteiger partial charge is 0.488 e. The summed E-state index contributed by atoms with van der Waals surface area (Å²) in [7, 11) is 2.65. The molecule has 4 amide bonds. The van der Waals surface area contributed by atoms with Crippen LogP contribution >= 0.6 is 0 Å². The maximum absolute atomic E-state index is 14.8. The van der Waals surface area contributed by atoms with E-state index in [1.165, 1.54) is 14.2 Å². The van der Waals surface area contributed by atoms with Gasteiger partial charge in [0.2, 0.25) is 11.8 Å². The average Bonchev–Trinajstić information content (AvgIpc) is 3.63. The topological polar surface area (TPSA) is 202 Å². The van der Waals surface area contributed by atoms with Crippen LogP contribution in [-0.4, -0.2) is 117 Å². The Labute approximate surface area is 426 Å². The smallest absolute Gasteiger partial charge is 0.407 e. The van der Waals surface area contributed by atoms with E-state index in [-0.39, 0.29) is 72.2 Å². The number of carbonyl (C=O) groups excluding carboxylic acids is 4. The number of likely N-dealkylation sites (tertiary alicyclic amines) is 2. The van der Waals surface area contributed by atoms with Gasteiger partial charge in [-0.05, 0) is 158 Å². The van der Waals surface area contributed by atoms with E-state index in [0.717, 1.165) is 111 Å². The molecule has 11 rings (SSSR count). The Morgan fingerprint density at radius 1 is 0.658 bits per heavy atom. The summed E-state index contributed by atoms with van der Waals surface area (Å²) in [6, 6.07) is 12.8. The summed E-state index contributed by atoms with van der Waals surface area (Å²) in [6.07, 6.45) is 6.51. The highest BCUT2D eigenvalue weighted by Crippen LogP contribution is 2.48. The number of hydrogen-bond acceptors (Lipinski definition) is 11. The first-order chi connectivity index (χ1) is 35.2. The molecule has 0 radical (unpaired) electrons. The Kier molecular flexibility index (Phi) is 13.2. The number of fused-ring (bicyclic) bond motifs is 6. The van der Waals surface area contributed by atoms with Gasteiger partial charge in [-0.2, -0.15) is 0 Å². The van der Waals surface area contributed by atoms with Crippen molar-refractivity contribution in [1.82, 2.24) is 40.4 Å². The zero-order valence-corrected chi connectivity index (χ0v) is 43.3. The Hall–Kier alpha value is -6.20. The van der Waals surface area contributed by atoms with Gasteiger partial charge in [0.15, 0.2) is 0 Å². The lowest BCUT2D eigenvalue weighted by molar-refractivity contribution is -0.141. The number of carbonyl (C=O) groups is 4. The number of alkyl carbamates (subject to hydrolysis) is 2. The van der Waals surface area contributed by atoms with Crippen LogP contribution in [0.2, 0.25) is 0 Å². The third-order valence-corrected chi connectivity index (χ3v) is 16.7. The van der Waals surface area contributed by atoms with Crippen LogP contribution in [0.5, 0.6) is 5.75 Å². The summed E-state index contributed by atoms with van der Waals surface area (Å²) in [5.41, 5.74) is 7.85. The zero-order chi connectivity index (χ0) is 51.0. The highest BCUT2D eigenvalue weighted by Gasteiger charge is 2.47. The van der Waals surface area contributed by atoms with Crippen molar-refractivity contribution in [3.8, 4) is 28.1 Å². The van der Waals surface area contributed by atoms with E-state index >= 15 is 0 Å². The molecule has 1 saturated carbocycles. The van der Waals surface area contributed by atoms with Crippen molar-refractivity contribution in [2.75, 3.05) is 14.2 Å². The van der Waals surface area contributed by atoms with Gasteiger partial charge in [0.25, 0.3) is 0 Å². The third-order valence-electron chi connectivity index (χ3n) is 16.7. The van der Waals surface area contributed by atoms with E-state index in [0.29, 0.717) is 38.2 Å². The molecule has 1 aliphatic carbocycles. The molecule has 5 aromatic rings. The number of aromatic nitrogens is 4. The molecule has 4 saturated heterocycles. The molecule has 0 spiro atoms. The first-order valence-corrected chi connectivity index (χ1v) is 26.6. The monoisotopic (exact) mass is 999 g/mol. The number of imidazole rings is 2. The van der Waals surface area contributed by atoms with Gasteiger partial charge < -0.3 is 54.1 Å². The first kappa shape index (κ1) is 49.0. The molecule has 10 atom stereocenters. The molecule has 2 aromatic heterocycles. The van der Waals surface area contributed by atoms with Crippen molar-refractivity contribution in [2.24, 2.45) is 11.8 Å². The molecular weight excluding hydrogens is 929 g/mol. The lowest BCUT2D eigenvalue weighted by Crippen LogP contribution is -2.55. The van der Waals surface area contributed by atoms with Crippen LogP contribution in [0.1, 0.15) is 147 Å². The molecule has 17 nitrogen and oxygen atoms in total. The molecule has 7 heterocycles. The van der Waals surface area contributed by atoms with Gasteiger partial charge in [-0.15, -0.1) is 0 Å². The van der Waals surface area contributed by atoms with Crippen LogP contribution in [0, 0.1) is 11.8 Å². The van der Waals surface area contributed by atoms with Crippen LogP contribution in [0.15, 0.2) is 42.5 Å². The van der Waals surface area contributed by atoms with E-state index in [4.69, 9.17) is 33.7 Å². The number of nitrogens with one attached hydrogen (secondary N) is 4. The molecule has 3 aromatic carbocycles. The van der Waals surface area contributed by atoms with Crippen LogP contribution in [0.3, 0.4) is 0 Å². The predicted octanol–water partition coefficient (Wildman–Crippen LogP) is 9.50. The van der Waals surface area contributed by atoms with Crippen LogP contribution in [0.4, 0.5) is 9.59 Å². The summed E-state index contributed by atoms with van der Waals surface area (Å²) in [6.45, 7) is 12.6. The molecule has 73 heavy (non-hydrogen) atoms. The summed E-state index contributed by atoms with van der Waals surface area (Å²) in [4.78, 5) is 76.6. The minimum absolute atomic E-state index is 0.0324. The normalized spacial score (nSPS) is 28.8. The summed E-state index contributed by atoms with van der Waals surface area (Å²) in [5, 5.41) is 7.80. The second kappa shape index (κ2) is 19.6. The molecule has 5 aliphatic heterocycles. The molecular formula is C56H70N8O9. The number of rotatable bonds is 10. The van der Waals surface area contributed by atoms with Crippen molar-refractivity contribution in [1.29, 1.82) is 0 Å². The number of benzene rings is 3. The lowest BCUT2D eigenvalue weighted by atomic mass is 9.85. The van der Waals surface area contributed by atoms with Crippen molar-refractivity contribution < 1.29 is 42.9 Å². The minimum Gasteiger partial charge on any atom is -0.488 e. The van der Waals surface area contributed by atoms with Gasteiger partial charge in [0.05, 0.1) is 67.4 Å². The van der Waals surface area contributed by atoms with Gasteiger partial charge in [-0.25, -0.2) is 19.6 Å². The number of nitrogens with zero attached hydrogens (tertiary/aromatic N) is 4. The number of aromatic amines is 2. The van der Waals surface area contributed by atoms with Gasteiger partial charge >= 0.3 is 12.2 Å². The SMILES string of the molecule is COC(=O)N[C@H](C(=O)N1[C@@H](C)CC[C@H]1c1nc(-c2ccc3c(c2)COc2cc4c(ccc5[nH]c([C@@H]6CC[C@H](C)N6C(=O)[C@@H](NC(=O)OC)C6C[C@@H](C)O[C@H](C)C6)nc54)cc2-3)c(C2CC2)[nH]1)C1C[C@@H](C)O[C@H](C)C1. The van der Waals surface area contributed by atoms with E-state index in [1.54, 1.807) is 0 Å². The number of H-pyrrole nitrogens is 2. The van der Waals surface area contributed by atoms with Crippen molar-refractivity contribution in [3.63, 3.8) is 0 Å². The molecule has 6 aliphatic rings. The molecule has 0 bridgehead atoms. The fourth-order valence-electron chi connectivity index (χ4n) is 13.2. The van der Waals surface area contributed by atoms with Crippen molar-refractivity contribution in [2.45, 2.75) is 179 Å². The lowest BCUT2D eigenvalue weighted by Gasteiger charge is -2.39. The Morgan fingerprint density at radius 3 is 1.77 bits per heavy atom. The highest BCUT2D eigenvalue weighted by molar-refractivity contribution is 6.07. The molecule has 0 unspecified atom stereocenters. The van der Waals surface area contributed by atoms with E-state index in [1.807, 2.05) is 37.5 Å². The second-order valence-corrected chi connectivity index (χ2v) is 22.1. The predicted molar refractivity (Wildman–Crippen MR) is 274 cm³/mol. The van der Waals surface area contributed by atoms with Crippen LogP contribution in [0.25, 0.3) is 44.2 Å². The minimum atomic E-state index is -0.758. The second-order valence-electron chi connectivity index (χ2n) is 22.1. The van der Waals surface area contributed by atoms with Gasteiger partial charge in [-0.3, -0.25) is 9.59 Å². The third kappa shape index (κ3) is 9.29. The van der Waals surface area contributed by atoms with Crippen LogP contribution < -0.4 is 15.4 Å². The molecule has 5 fully saturated rings. The van der Waals surface area contributed by atoms with E-state index in [2.05, 4.69) is 76.9 Å². The van der Waals surface area contributed by atoms with Gasteiger partial charge in [0.1, 0.15) is 36.1 Å². The van der Waals surface area contributed by atoms with Gasteiger partial charge in [-0.1, -0.05) is 18.2 Å². The molecule has 17 heteroatoms. The maximum Gasteiger partial charge on any atom is 0.407 e. The first-order valence-electron chi connectivity index (χ1n) is 26.6. The standard InChI is InChI=1S/C56H70N8O9/c1-27-9-17-43(63(27)53(65)48(61-55(67)69-7)36-19-29(3)72-30(4)20-36)51-57-42-16-14-34-24-41-39-15-13-35(23-38(39)26-71-45(41)25-40(34)50(42)60-51)47-46(33-11-12-33)58-52(59-47)44-18-10-28(2)64(44)54(66)49(62-56(68)70-8)37-21-31(5)73-32(6)22-37/h13-16,23-25,27-33,36-37,43-44,48-49H,9-12,17-22,26H2,1-8H3,(H,57,60)(H,58,59)(H,61,67)(H,62,68)/t27-,28-,29+,30+,31+,32+,43-,44-,48-,49-/m0/s1. The maximum atomic E-state index is 14.8. The number of ether oxygens (including phenoxy) is 5.